The van der Waals surface area contributed by atoms with Gasteiger partial charge in [0, 0.05) is 11.1 Å². The van der Waals surface area contributed by atoms with Crippen LogP contribution in [-0.2, 0) is 10.8 Å². The quantitative estimate of drug-likeness (QED) is 0.365. The Balaban J connectivity index is 2.31. The van der Waals surface area contributed by atoms with Gasteiger partial charge in [-0.25, -0.2) is 13.6 Å². The van der Waals surface area contributed by atoms with Crippen LogP contribution in [0, 0.1) is 36.5 Å². The number of halogens is 2. The second-order valence-electron chi connectivity index (χ2n) is 10.4. The molecule has 4 heteroatoms. The maximum absolute atomic E-state index is 15.7. The first kappa shape index (κ1) is 24.1. The number of rotatable bonds is 2. The molecular weight excluding hydrogens is 414 g/mol. The molecule has 0 unspecified atom stereocenters. The molecule has 2 nitrogen and oxygen atoms in total. The molecule has 33 heavy (non-hydrogen) atoms. The summed E-state index contributed by atoms with van der Waals surface area (Å²) >= 11 is 0. The fraction of sp³-hybridized carbons (Fsp3) is 0.310. The van der Waals surface area contributed by atoms with Gasteiger partial charge in [0.05, 0.1) is 12.1 Å². The first-order valence-corrected chi connectivity index (χ1v) is 10.9. The zero-order chi connectivity index (χ0) is 24.7. The Labute approximate surface area is 195 Å². The molecular formula is C29H28F2N2. The second kappa shape index (κ2) is 8.45. The molecule has 0 aromatic heterocycles. The van der Waals surface area contributed by atoms with E-state index in [1.54, 1.807) is 18.2 Å². The van der Waals surface area contributed by atoms with Crippen LogP contribution in [0.1, 0.15) is 63.8 Å². The van der Waals surface area contributed by atoms with Crippen molar-refractivity contribution in [3.8, 4) is 28.3 Å². The van der Waals surface area contributed by atoms with Crippen molar-refractivity contribution in [2.45, 2.75) is 59.3 Å². The van der Waals surface area contributed by atoms with Crippen molar-refractivity contribution >= 4 is 5.69 Å². The van der Waals surface area contributed by atoms with E-state index in [-0.39, 0.29) is 33.2 Å². The molecule has 0 aliphatic rings. The molecule has 3 aromatic carbocycles. The summed E-state index contributed by atoms with van der Waals surface area (Å²) in [5, 5.41) is 9.85. The third-order valence-corrected chi connectivity index (χ3v) is 5.98. The van der Waals surface area contributed by atoms with Gasteiger partial charge in [-0.15, -0.1) is 0 Å². The molecule has 0 N–H and O–H groups in total. The van der Waals surface area contributed by atoms with Gasteiger partial charge in [-0.2, -0.15) is 5.26 Å². The summed E-state index contributed by atoms with van der Waals surface area (Å²) in [7, 11) is 0. The lowest BCUT2D eigenvalue weighted by molar-refractivity contribution is 0.588. The van der Waals surface area contributed by atoms with Gasteiger partial charge in [0.15, 0.2) is 0 Å². The smallest absolute Gasteiger partial charge is 0.231 e. The number of benzene rings is 3. The average Bonchev–Trinajstić information content (AvgIpc) is 2.72. The molecule has 0 saturated heterocycles. The highest BCUT2D eigenvalue weighted by atomic mass is 19.1. The minimum absolute atomic E-state index is 0.00974. The fourth-order valence-electron chi connectivity index (χ4n) is 3.95. The van der Waals surface area contributed by atoms with Gasteiger partial charge in [0.2, 0.25) is 5.69 Å². The van der Waals surface area contributed by atoms with Crippen LogP contribution >= 0.6 is 0 Å². The lowest BCUT2D eigenvalue weighted by atomic mass is 9.83. The third kappa shape index (κ3) is 4.39. The van der Waals surface area contributed by atoms with Crippen molar-refractivity contribution in [3.05, 3.63) is 87.8 Å². The van der Waals surface area contributed by atoms with Crippen LogP contribution in [0.3, 0.4) is 0 Å². The van der Waals surface area contributed by atoms with Crippen LogP contribution in [0.2, 0.25) is 0 Å². The number of aryl methyl sites for hydroxylation is 1. The van der Waals surface area contributed by atoms with E-state index in [4.69, 9.17) is 6.57 Å². The van der Waals surface area contributed by atoms with Crippen molar-refractivity contribution in [2.24, 2.45) is 0 Å². The third-order valence-electron chi connectivity index (χ3n) is 5.98. The Hall–Kier alpha value is -3.50. The molecule has 0 heterocycles. The van der Waals surface area contributed by atoms with Crippen molar-refractivity contribution in [1.82, 2.24) is 0 Å². The van der Waals surface area contributed by atoms with E-state index < -0.39 is 11.6 Å². The molecule has 0 atom stereocenters. The van der Waals surface area contributed by atoms with E-state index in [9.17, 15) is 5.26 Å². The predicted molar refractivity (Wildman–Crippen MR) is 130 cm³/mol. The maximum Gasteiger partial charge on any atom is 0.231 e. The van der Waals surface area contributed by atoms with Gasteiger partial charge >= 0.3 is 0 Å². The van der Waals surface area contributed by atoms with Crippen molar-refractivity contribution in [3.63, 3.8) is 0 Å². The van der Waals surface area contributed by atoms with E-state index in [0.717, 1.165) is 16.7 Å². The predicted octanol–water partition coefficient (Wildman–Crippen LogP) is 8.62. The number of hydrogen-bond donors (Lipinski definition) is 0. The van der Waals surface area contributed by atoms with Gasteiger partial charge in [0.1, 0.15) is 17.7 Å². The molecule has 0 fully saturated rings. The van der Waals surface area contributed by atoms with Crippen molar-refractivity contribution in [1.29, 1.82) is 5.26 Å². The molecule has 3 aromatic rings. The largest absolute Gasteiger partial charge is 0.234 e. The van der Waals surface area contributed by atoms with Crippen LogP contribution in [0.25, 0.3) is 27.1 Å². The van der Waals surface area contributed by atoms with E-state index in [1.165, 1.54) is 0 Å². The molecule has 0 amide bonds. The highest BCUT2D eigenvalue weighted by Gasteiger charge is 2.28. The summed E-state index contributed by atoms with van der Waals surface area (Å²) in [4.78, 5) is 3.41. The highest BCUT2D eigenvalue weighted by Crippen LogP contribution is 2.44. The summed E-state index contributed by atoms with van der Waals surface area (Å²) in [6.45, 7) is 21.9. The normalized spacial score (nSPS) is 11.7. The fourth-order valence-corrected chi connectivity index (χ4v) is 3.95. The lowest BCUT2D eigenvalue weighted by Crippen LogP contribution is -2.11. The van der Waals surface area contributed by atoms with Crippen LogP contribution in [0.15, 0.2) is 42.5 Å². The highest BCUT2D eigenvalue weighted by molar-refractivity contribution is 5.90. The average molecular weight is 443 g/mol. The van der Waals surface area contributed by atoms with E-state index in [2.05, 4.69) is 46.4 Å². The Morgan fingerprint density at radius 2 is 1.36 bits per heavy atom. The molecule has 0 bridgehead atoms. The standard InChI is InChI=1S/C29H28F2N2/c1-17-15-20(29(5,6)7)13-14-21(17)24-22(16-32)25(30)23(26(31)27(24)33-8)18-9-11-19(12-10-18)28(2,3)4/h9-15H,1-7H3. The summed E-state index contributed by atoms with van der Waals surface area (Å²) in [6.07, 6.45) is 0. The van der Waals surface area contributed by atoms with E-state index >= 15 is 8.78 Å². The summed E-state index contributed by atoms with van der Waals surface area (Å²) < 4.78 is 31.3. The Bertz CT molecular complexity index is 1270. The first-order chi connectivity index (χ1) is 15.3. The Kier molecular flexibility index (Phi) is 6.18. The number of hydrogen-bond acceptors (Lipinski definition) is 1. The summed E-state index contributed by atoms with van der Waals surface area (Å²) in [5.41, 5.74) is 2.40. The molecule has 168 valence electrons. The van der Waals surface area contributed by atoms with Crippen LogP contribution in [0.4, 0.5) is 14.5 Å². The lowest BCUT2D eigenvalue weighted by Gasteiger charge is -2.22. The van der Waals surface area contributed by atoms with Gasteiger partial charge in [-0.1, -0.05) is 84.0 Å². The monoisotopic (exact) mass is 442 g/mol. The van der Waals surface area contributed by atoms with Gasteiger partial charge in [-0.05, 0) is 45.6 Å². The zero-order valence-corrected chi connectivity index (χ0v) is 20.2. The van der Waals surface area contributed by atoms with Crippen LogP contribution in [-0.4, -0.2) is 0 Å². The molecule has 0 spiro atoms. The Morgan fingerprint density at radius 1 is 0.818 bits per heavy atom. The SMILES string of the molecule is [C-]#[N+]c1c(F)c(-c2ccc(C(C)(C)C)cc2)c(F)c(C#N)c1-c1ccc(C(C)(C)C)cc1C. The minimum atomic E-state index is -0.945. The van der Waals surface area contributed by atoms with Gasteiger partial charge in [-0.3, -0.25) is 0 Å². The number of nitrogens with zero attached hydrogens (tertiary/aromatic N) is 2. The molecule has 0 aliphatic carbocycles. The van der Waals surface area contributed by atoms with E-state index in [1.807, 2.05) is 37.3 Å². The van der Waals surface area contributed by atoms with Crippen LogP contribution < -0.4 is 0 Å². The zero-order valence-electron chi connectivity index (χ0n) is 20.2. The Morgan fingerprint density at radius 3 is 1.82 bits per heavy atom. The molecule has 0 aliphatic heterocycles. The minimum Gasteiger partial charge on any atom is -0.234 e. The van der Waals surface area contributed by atoms with E-state index in [0.29, 0.717) is 11.1 Å². The van der Waals surface area contributed by atoms with Crippen molar-refractivity contribution in [2.75, 3.05) is 0 Å². The van der Waals surface area contributed by atoms with Crippen molar-refractivity contribution < 1.29 is 8.78 Å². The summed E-state index contributed by atoms with van der Waals surface area (Å²) in [6, 6.07) is 14.4. The number of nitriles is 1. The van der Waals surface area contributed by atoms with Crippen LogP contribution in [0.5, 0.6) is 0 Å². The summed E-state index contributed by atoms with van der Waals surface area (Å²) in [5.74, 6) is -1.89. The molecule has 0 radical (unpaired) electrons. The maximum atomic E-state index is 15.7. The topological polar surface area (TPSA) is 28.1 Å². The first-order valence-electron chi connectivity index (χ1n) is 10.9. The second-order valence-corrected chi connectivity index (χ2v) is 10.4. The van der Waals surface area contributed by atoms with Gasteiger partial charge < -0.3 is 0 Å². The van der Waals surface area contributed by atoms with Gasteiger partial charge in [0.25, 0.3) is 0 Å². The molecule has 3 rings (SSSR count). The molecule has 0 saturated carbocycles.